The number of nitro benzene ring substituents is 1. The largest absolute Gasteiger partial charge is 0.476 e. The zero-order chi connectivity index (χ0) is 24.5. The minimum Gasteiger partial charge on any atom is -0.476 e. The standard InChI is InChI=1S/C23H19N3O7S/c1-15(27)25-14-22(33-21-5-3-2-4-20(21)25)23(28)24-16-6-10-18(11-7-16)34(31,32)19-12-8-17(9-13-19)26(29)30/h2-13,22H,14H2,1H3,(H,24,28)/t22-/m0/s1. The van der Waals surface area contributed by atoms with Crippen molar-refractivity contribution in [2.75, 3.05) is 16.8 Å². The zero-order valence-corrected chi connectivity index (χ0v) is 18.7. The summed E-state index contributed by atoms with van der Waals surface area (Å²) < 4.78 is 31.4. The molecule has 1 atom stereocenters. The highest BCUT2D eigenvalue weighted by molar-refractivity contribution is 7.91. The number of carbonyl (C=O) groups excluding carboxylic acids is 2. The maximum absolute atomic E-state index is 12.8. The third kappa shape index (κ3) is 4.46. The Hall–Kier alpha value is -4.25. The van der Waals surface area contributed by atoms with E-state index in [1.54, 1.807) is 24.3 Å². The molecule has 174 valence electrons. The van der Waals surface area contributed by atoms with Gasteiger partial charge < -0.3 is 15.0 Å². The van der Waals surface area contributed by atoms with Gasteiger partial charge in [0.15, 0.2) is 6.10 Å². The number of rotatable bonds is 5. The van der Waals surface area contributed by atoms with Crippen LogP contribution >= 0.6 is 0 Å². The lowest BCUT2D eigenvalue weighted by Gasteiger charge is -2.33. The Balaban J connectivity index is 1.49. The molecule has 0 radical (unpaired) electrons. The fourth-order valence-corrected chi connectivity index (χ4v) is 4.75. The molecule has 1 aliphatic heterocycles. The number of hydrogen-bond donors (Lipinski definition) is 1. The maximum atomic E-state index is 12.8. The molecule has 11 heteroatoms. The fraction of sp³-hybridized carbons (Fsp3) is 0.130. The number of nitrogens with one attached hydrogen (secondary N) is 1. The minimum absolute atomic E-state index is 0.0325. The van der Waals surface area contributed by atoms with Gasteiger partial charge in [0.05, 0.1) is 26.9 Å². The lowest BCUT2D eigenvalue weighted by Crippen LogP contribution is -2.48. The highest BCUT2D eigenvalue weighted by atomic mass is 32.2. The zero-order valence-electron chi connectivity index (χ0n) is 17.9. The Labute approximate surface area is 194 Å². The molecule has 0 saturated heterocycles. The molecule has 10 nitrogen and oxygen atoms in total. The molecule has 1 heterocycles. The predicted molar refractivity (Wildman–Crippen MR) is 123 cm³/mol. The molecule has 0 saturated carbocycles. The summed E-state index contributed by atoms with van der Waals surface area (Å²) in [7, 11) is -3.90. The van der Waals surface area contributed by atoms with Gasteiger partial charge >= 0.3 is 0 Å². The van der Waals surface area contributed by atoms with Gasteiger partial charge in [-0.15, -0.1) is 0 Å². The smallest absolute Gasteiger partial charge is 0.269 e. The molecule has 0 fully saturated rings. The van der Waals surface area contributed by atoms with Crippen LogP contribution in [0.5, 0.6) is 5.75 Å². The molecule has 0 aliphatic carbocycles. The number of hydrogen-bond acceptors (Lipinski definition) is 7. The second-order valence-corrected chi connectivity index (χ2v) is 9.42. The van der Waals surface area contributed by atoms with Crippen LogP contribution in [0.2, 0.25) is 0 Å². The molecular formula is C23H19N3O7S. The van der Waals surface area contributed by atoms with Crippen LogP contribution in [0, 0.1) is 10.1 Å². The monoisotopic (exact) mass is 481 g/mol. The van der Waals surface area contributed by atoms with Gasteiger partial charge in [0.2, 0.25) is 15.7 Å². The van der Waals surface area contributed by atoms with Gasteiger partial charge in [0.25, 0.3) is 11.6 Å². The molecule has 34 heavy (non-hydrogen) atoms. The van der Waals surface area contributed by atoms with Gasteiger partial charge in [0, 0.05) is 24.7 Å². The van der Waals surface area contributed by atoms with Gasteiger partial charge in [-0.25, -0.2) is 8.42 Å². The van der Waals surface area contributed by atoms with E-state index in [1.807, 2.05) is 0 Å². The first-order valence-electron chi connectivity index (χ1n) is 10.1. The predicted octanol–water partition coefficient (Wildman–Crippen LogP) is 3.18. The van der Waals surface area contributed by atoms with Gasteiger partial charge in [0.1, 0.15) is 5.75 Å². The fourth-order valence-electron chi connectivity index (χ4n) is 3.49. The second-order valence-electron chi connectivity index (χ2n) is 7.47. The van der Waals surface area contributed by atoms with Gasteiger partial charge in [-0.05, 0) is 48.5 Å². The van der Waals surface area contributed by atoms with E-state index in [0.29, 0.717) is 17.1 Å². The Morgan fingerprint density at radius 3 is 2.18 bits per heavy atom. The minimum atomic E-state index is -3.90. The Morgan fingerprint density at radius 2 is 1.59 bits per heavy atom. The Morgan fingerprint density at radius 1 is 1.00 bits per heavy atom. The van der Waals surface area contributed by atoms with E-state index in [9.17, 15) is 28.1 Å². The van der Waals surface area contributed by atoms with Crippen molar-refractivity contribution >= 4 is 38.7 Å². The number of nitrogens with zero attached hydrogens (tertiary/aromatic N) is 2. The molecule has 3 aromatic carbocycles. The van der Waals surface area contributed by atoms with E-state index in [1.165, 1.54) is 48.2 Å². The van der Waals surface area contributed by atoms with E-state index in [0.717, 1.165) is 12.1 Å². The van der Waals surface area contributed by atoms with Crippen LogP contribution in [0.4, 0.5) is 17.1 Å². The first-order chi connectivity index (χ1) is 16.2. The van der Waals surface area contributed by atoms with Crippen LogP contribution in [0.15, 0.2) is 82.6 Å². The first kappa shape index (κ1) is 22.9. The number of nitro groups is 1. The molecular weight excluding hydrogens is 462 g/mol. The number of fused-ring (bicyclic) bond motifs is 1. The topological polar surface area (TPSA) is 136 Å². The van der Waals surface area contributed by atoms with Crippen LogP contribution < -0.4 is 15.0 Å². The SMILES string of the molecule is CC(=O)N1C[C@@H](C(=O)Nc2ccc(S(=O)(=O)c3ccc([N+](=O)[O-])cc3)cc2)Oc2ccccc21. The van der Waals surface area contributed by atoms with Crippen molar-refractivity contribution in [2.45, 2.75) is 22.8 Å². The summed E-state index contributed by atoms with van der Waals surface area (Å²) in [6.07, 6.45) is -0.956. The number of anilines is 2. The highest BCUT2D eigenvalue weighted by Gasteiger charge is 2.32. The van der Waals surface area contributed by atoms with Crippen molar-refractivity contribution in [3.05, 3.63) is 82.9 Å². The Bertz CT molecular complexity index is 1370. The van der Waals surface area contributed by atoms with Crippen LogP contribution in [0.3, 0.4) is 0 Å². The van der Waals surface area contributed by atoms with E-state index in [2.05, 4.69) is 5.32 Å². The Kier molecular flexibility index (Phi) is 6.03. The van der Waals surface area contributed by atoms with Crippen LogP contribution in [-0.4, -0.2) is 37.8 Å². The average Bonchev–Trinajstić information content (AvgIpc) is 2.83. The number of amides is 2. The lowest BCUT2D eigenvalue weighted by molar-refractivity contribution is -0.384. The molecule has 2 amide bonds. The van der Waals surface area contributed by atoms with Crippen molar-refractivity contribution in [1.82, 2.24) is 0 Å². The first-order valence-corrected chi connectivity index (χ1v) is 11.6. The number of carbonyl (C=O) groups is 2. The van der Waals surface area contributed by atoms with E-state index < -0.39 is 26.8 Å². The lowest BCUT2D eigenvalue weighted by atomic mass is 10.1. The van der Waals surface area contributed by atoms with Crippen molar-refractivity contribution in [2.24, 2.45) is 0 Å². The highest BCUT2D eigenvalue weighted by Crippen LogP contribution is 2.33. The number of benzene rings is 3. The van der Waals surface area contributed by atoms with E-state index >= 15 is 0 Å². The number of para-hydroxylation sites is 2. The normalized spacial score (nSPS) is 15.1. The third-order valence-electron chi connectivity index (χ3n) is 5.24. The number of ether oxygens (including phenoxy) is 1. The van der Waals surface area contributed by atoms with Crippen LogP contribution in [-0.2, 0) is 19.4 Å². The molecule has 4 rings (SSSR count). The molecule has 1 aliphatic rings. The van der Waals surface area contributed by atoms with Crippen molar-refractivity contribution in [3.8, 4) is 5.75 Å². The summed E-state index contributed by atoms with van der Waals surface area (Å²) in [5.74, 6) is -0.310. The van der Waals surface area contributed by atoms with Gasteiger partial charge in [-0.1, -0.05) is 12.1 Å². The van der Waals surface area contributed by atoms with E-state index in [4.69, 9.17) is 4.74 Å². The summed E-state index contributed by atoms with van der Waals surface area (Å²) in [5.41, 5.74) is 0.706. The van der Waals surface area contributed by atoms with Gasteiger partial charge in [-0.2, -0.15) is 0 Å². The molecule has 0 unspecified atom stereocenters. The summed E-state index contributed by atoms with van der Waals surface area (Å²) in [4.78, 5) is 36.3. The summed E-state index contributed by atoms with van der Waals surface area (Å²) >= 11 is 0. The quantitative estimate of drug-likeness (QED) is 0.437. The third-order valence-corrected chi connectivity index (χ3v) is 7.02. The number of non-ortho nitro benzene ring substituents is 1. The van der Waals surface area contributed by atoms with Crippen LogP contribution in [0.25, 0.3) is 0 Å². The average molecular weight is 481 g/mol. The number of sulfone groups is 1. The van der Waals surface area contributed by atoms with Crippen LogP contribution in [0.1, 0.15) is 6.92 Å². The molecule has 1 N–H and O–H groups in total. The molecule has 0 spiro atoms. The summed E-state index contributed by atoms with van der Waals surface area (Å²) in [5, 5.41) is 13.4. The summed E-state index contributed by atoms with van der Waals surface area (Å²) in [6, 6.07) is 17.0. The second kappa shape index (κ2) is 8.94. The van der Waals surface area contributed by atoms with E-state index in [-0.39, 0.29) is 27.9 Å². The van der Waals surface area contributed by atoms with Gasteiger partial charge in [-0.3, -0.25) is 19.7 Å². The molecule has 0 aromatic heterocycles. The van der Waals surface area contributed by atoms with Crippen molar-refractivity contribution in [3.63, 3.8) is 0 Å². The molecule has 3 aromatic rings. The van der Waals surface area contributed by atoms with Crippen molar-refractivity contribution in [1.29, 1.82) is 0 Å². The van der Waals surface area contributed by atoms with Crippen molar-refractivity contribution < 1.29 is 27.7 Å². The molecule has 0 bridgehead atoms. The maximum Gasteiger partial charge on any atom is 0.269 e. The summed E-state index contributed by atoms with van der Waals surface area (Å²) in [6.45, 7) is 1.44.